The molecule has 1 nitrogen and oxygen atoms in total. The van der Waals surface area contributed by atoms with Gasteiger partial charge in [0, 0.05) is 0 Å². The van der Waals surface area contributed by atoms with Crippen molar-refractivity contribution >= 4 is 16.0 Å². The van der Waals surface area contributed by atoms with Gasteiger partial charge in [-0.15, -0.1) is 0 Å². The van der Waals surface area contributed by atoms with Crippen molar-refractivity contribution in [3.05, 3.63) is 0 Å². The van der Waals surface area contributed by atoms with Crippen LogP contribution in [0.3, 0.4) is 0 Å². The van der Waals surface area contributed by atoms with Crippen molar-refractivity contribution in [2.45, 2.75) is 0 Å². The minimum absolute atomic E-state index is 1.25. The van der Waals surface area contributed by atoms with E-state index in [0.717, 1.165) is 0 Å². The molecule has 0 aromatic rings. The highest BCUT2D eigenvalue weighted by atomic mass is 15.3. The van der Waals surface area contributed by atoms with Crippen LogP contribution in [0.1, 0.15) is 0 Å². The third kappa shape index (κ3) is 0.690. The van der Waals surface area contributed by atoms with Crippen molar-refractivity contribution < 1.29 is 4.31 Å². The van der Waals surface area contributed by atoms with E-state index >= 15 is 0 Å². The second-order valence-electron chi connectivity index (χ2n) is 2.38. The van der Waals surface area contributed by atoms with Crippen LogP contribution >= 0.6 is 0 Å². The van der Waals surface area contributed by atoms with E-state index in [1.807, 2.05) is 0 Å². The molecule has 0 saturated carbocycles. The minimum atomic E-state index is 1.25. The van der Waals surface area contributed by atoms with Gasteiger partial charge in [0.05, 0.1) is 13.1 Å². The average Bonchev–Trinajstić information content (AvgIpc) is 1.76. The summed E-state index contributed by atoms with van der Waals surface area (Å²) in [5.41, 5.74) is 0. The third-order valence-corrected chi connectivity index (χ3v) is 1.12. The molecule has 0 radical (unpaired) electrons. The van der Waals surface area contributed by atoms with Crippen LogP contribution < -0.4 is 0 Å². The Bertz CT molecular complexity index is 45.6. The number of nitrogens with zero attached hydrogens (tertiary/aromatic N) is 1. The van der Waals surface area contributed by atoms with Crippen molar-refractivity contribution in [1.29, 1.82) is 0 Å². The Morgan fingerprint density at radius 1 is 1.20 bits per heavy atom. The maximum absolute atomic E-state index is 2.24. The van der Waals surface area contributed by atoms with Crippen LogP contribution in [0.5, 0.6) is 0 Å². The van der Waals surface area contributed by atoms with E-state index in [9.17, 15) is 0 Å². The van der Waals surface area contributed by atoms with Crippen molar-refractivity contribution in [3.63, 3.8) is 0 Å². The average molecular weight is 67.7 g/mol. The van der Waals surface area contributed by atoms with Gasteiger partial charge >= 0.3 is 16.0 Å². The maximum atomic E-state index is 2.24. The third-order valence-electron chi connectivity index (χ3n) is 1.12. The maximum Gasteiger partial charge on any atom is 0.351 e. The molecule has 1 saturated heterocycles. The Morgan fingerprint density at radius 2 is 1.40 bits per heavy atom. The number of hydrogen-bond acceptors (Lipinski definition) is 0. The van der Waals surface area contributed by atoms with Crippen LogP contribution in [0.2, 0.25) is 0 Å². The predicted octanol–water partition coefficient (Wildman–Crippen LogP) is -2.09. The van der Waals surface area contributed by atoms with Gasteiger partial charge in [0.2, 0.25) is 0 Å². The van der Waals surface area contributed by atoms with Crippen molar-refractivity contribution in [2.24, 2.45) is 0 Å². The van der Waals surface area contributed by atoms with Crippen molar-refractivity contribution in [1.82, 2.24) is 0 Å². The fourth-order valence-electron chi connectivity index (χ4n) is 0.200. The molecule has 5 heavy (non-hydrogen) atoms. The monoisotopic (exact) mass is 68.1 g/mol. The molecule has 1 heterocycles. The van der Waals surface area contributed by atoms with Crippen LogP contribution in [0.4, 0.5) is 0 Å². The van der Waals surface area contributed by atoms with Crippen LogP contribution in [0, 0.1) is 0 Å². The largest absolute Gasteiger partial charge is 0.469 e. The molecule has 0 amide bonds. The summed E-state index contributed by atoms with van der Waals surface area (Å²) in [6.07, 6.45) is 0. The lowest BCUT2D eigenvalue weighted by Gasteiger charge is -1.98. The summed E-state index contributed by atoms with van der Waals surface area (Å²) in [5.74, 6) is 0. The van der Waals surface area contributed by atoms with E-state index in [4.69, 9.17) is 0 Å². The Kier molecular flexibility index (Phi) is 0.392. The van der Waals surface area contributed by atoms with Crippen LogP contribution in [-0.2, 0) is 0 Å². The highest BCUT2D eigenvalue weighted by Crippen LogP contribution is 2.06. The van der Waals surface area contributed by atoms with Gasteiger partial charge in [-0.1, -0.05) is 0 Å². The zero-order valence-electron chi connectivity index (χ0n) is 3.86. The van der Waals surface area contributed by atoms with Crippen LogP contribution in [0.25, 0.3) is 0 Å². The molecule has 1 fully saturated rings. The van der Waals surface area contributed by atoms with Gasteiger partial charge in [0.15, 0.2) is 0 Å². The molecule has 0 bridgehead atoms. The van der Waals surface area contributed by atoms with Gasteiger partial charge < -0.3 is 4.31 Å². The summed E-state index contributed by atoms with van der Waals surface area (Å²) < 4.78 is 1.25. The Labute approximate surface area is 34.4 Å². The first kappa shape index (κ1) is 3.29. The van der Waals surface area contributed by atoms with Gasteiger partial charge in [-0.2, -0.15) is 0 Å². The van der Waals surface area contributed by atoms with E-state index in [1.54, 1.807) is 0 Å². The van der Waals surface area contributed by atoms with Crippen LogP contribution in [0.15, 0.2) is 0 Å². The smallest absolute Gasteiger partial charge is 0.351 e. The van der Waals surface area contributed by atoms with Gasteiger partial charge in [-0.05, 0) is 0 Å². The zero-order chi connectivity index (χ0) is 3.91. The van der Waals surface area contributed by atoms with E-state index < -0.39 is 0 Å². The summed E-state index contributed by atoms with van der Waals surface area (Å²) >= 11 is 0. The number of quaternary nitrogens is 1. The van der Waals surface area contributed by atoms with Gasteiger partial charge in [0.25, 0.3) is 0 Å². The lowest BCUT2D eigenvalue weighted by molar-refractivity contribution is -0.525. The summed E-state index contributed by atoms with van der Waals surface area (Å²) in [7, 11) is 4.47. The highest BCUT2D eigenvalue weighted by molar-refractivity contribution is 6.15. The standard InChI is InChI=1S/C2H8B2N/c3-5(4)1-2-5/h1-4H2/q+1. The lowest BCUT2D eigenvalue weighted by atomic mass is 10.2. The van der Waals surface area contributed by atoms with Gasteiger partial charge in [0.1, 0.15) is 0 Å². The Morgan fingerprint density at radius 3 is 1.40 bits per heavy atom. The summed E-state index contributed by atoms with van der Waals surface area (Å²) in [5, 5.41) is 0. The zero-order valence-corrected chi connectivity index (χ0v) is 3.86. The topological polar surface area (TPSA) is 0 Å². The van der Waals surface area contributed by atoms with E-state index in [0.29, 0.717) is 0 Å². The molecule has 0 atom stereocenters. The second kappa shape index (κ2) is 0.597. The van der Waals surface area contributed by atoms with E-state index in [1.165, 1.54) is 17.4 Å². The fraction of sp³-hybridized carbons (Fsp3) is 1.00. The Hall–Kier alpha value is 0.0899. The molecular formula is C2H8B2N+. The molecule has 1 rings (SSSR count). The van der Waals surface area contributed by atoms with Gasteiger partial charge in [-0.25, -0.2) is 0 Å². The molecule has 1 aliphatic rings. The lowest BCUT2D eigenvalue weighted by Crippen LogP contribution is -2.15. The van der Waals surface area contributed by atoms with Crippen molar-refractivity contribution in [3.8, 4) is 0 Å². The first-order valence-electron chi connectivity index (χ1n) is 2.03. The quantitative estimate of drug-likeness (QED) is 0.225. The first-order valence-corrected chi connectivity index (χ1v) is 2.03. The highest BCUT2D eigenvalue weighted by Gasteiger charge is 2.27. The molecule has 0 spiro atoms. The Balaban J connectivity index is 2.38. The van der Waals surface area contributed by atoms with Gasteiger partial charge in [-0.3, -0.25) is 0 Å². The molecule has 1 aliphatic heterocycles. The molecule has 0 aromatic heterocycles. The van der Waals surface area contributed by atoms with E-state index in [2.05, 4.69) is 16.0 Å². The first-order chi connectivity index (χ1) is 2.21. The van der Waals surface area contributed by atoms with Crippen molar-refractivity contribution in [2.75, 3.05) is 13.1 Å². The molecule has 0 N–H and O–H groups in total. The molecular weight excluding hydrogens is 59.7 g/mol. The molecule has 0 unspecified atom stereocenters. The fourth-order valence-corrected chi connectivity index (χ4v) is 0.200. The van der Waals surface area contributed by atoms with Crippen LogP contribution in [-0.4, -0.2) is 33.4 Å². The number of rotatable bonds is 0. The SMILES string of the molecule is B[N+]1(B)CC1. The number of hydrogen-bond donors (Lipinski definition) is 0. The minimum Gasteiger partial charge on any atom is -0.469 e. The second-order valence-corrected chi connectivity index (χ2v) is 2.38. The summed E-state index contributed by atoms with van der Waals surface area (Å²) in [4.78, 5) is 0. The van der Waals surface area contributed by atoms with E-state index in [-0.39, 0.29) is 0 Å². The molecule has 3 heteroatoms. The summed E-state index contributed by atoms with van der Waals surface area (Å²) in [6.45, 7) is 2.78. The molecule has 26 valence electrons. The molecule has 0 aromatic carbocycles. The summed E-state index contributed by atoms with van der Waals surface area (Å²) in [6, 6.07) is 0. The molecule has 0 aliphatic carbocycles. The normalized spacial score (nSPS) is 29.6. The predicted molar refractivity (Wildman–Crippen MR) is 27.1 cm³/mol.